The number of hydrogen-bond acceptors (Lipinski definition) is 2. The molecule has 0 aliphatic carbocycles. The molecule has 0 aromatic heterocycles. The molecule has 118 valence electrons. The van der Waals surface area contributed by atoms with Crippen molar-refractivity contribution in [2.24, 2.45) is 0 Å². The van der Waals surface area contributed by atoms with E-state index < -0.39 is 5.60 Å². The quantitative estimate of drug-likeness (QED) is 0.643. The van der Waals surface area contributed by atoms with Gasteiger partial charge in [-0.25, -0.2) is 4.79 Å². The molecule has 1 amide bonds. The van der Waals surface area contributed by atoms with Crippen LogP contribution < -0.4 is 0 Å². The van der Waals surface area contributed by atoms with E-state index in [1.54, 1.807) is 0 Å². The maximum Gasteiger partial charge on any atom is 0.411 e. The Bertz CT molecular complexity index is 650. The third kappa shape index (κ3) is 1.98. The monoisotopic (exact) mass is 299 g/mol. The average Bonchev–Trinajstić information content (AvgIpc) is 2.96. The third-order valence-electron chi connectivity index (χ3n) is 5.06. The molecule has 2 bridgehead atoms. The highest BCUT2D eigenvalue weighted by Crippen LogP contribution is 2.52. The Morgan fingerprint density at radius 2 is 1.32 bits per heavy atom. The lowest BCUT2D eigenvalue weighted by molar-refractivity contribution is 0.0196. The molecule has 0 spiro atoms. The first-order chi connectivity index (χ1) is 10.1. The summed E-state index contributed by atoms with van der Waals surface area (Å²) in [6.45, 7) is 14.4. The van der Waals surface area contributed by atoms with E-state index in [4.69, 9.17) is 4.74 Å². The highest BCUT2D eigenvalue weighted by molar-refractivity contribution is 5.75. The molecule has 0 saturated heterocycles. The van der Waals surface area contributed by atoms with E-state index >= 15 is 0 Å². The van der Waals surface area contributed by atoms with Crippen molar-refractivity contribution in [3.63, 3.8) is 0 Å². The fourth-order valence-electron chi connectivity index (χ4n) is 3.71. The molecular weight excluding hydrogens is 274 g/mol. The second-order valence-electron chi connectivity index (χ2n) is 7.49. The van der Waals surface area contributed by atoms with Crippen LogP contribution in [0.4, 0.5) is 4.79 Å². The second kappa shape index (κ2) is 4.61. The number of benzene rings is 1. The van der Waals surface area contributed by atoms with E-state index in [1.807, 2.05) is 25.7 Å². The zero-order valence-corrected chi connectivity index (χ0v) is 14.6. The Morgan fingerprint density at radius 1 is 0.909 bits per heavy atom. The molecule has 2 heterocycles. The summed E-state index contributed by atoms with van der Waals surface area (Å²) in [6, 6.07) is 0.0423. The fourth-order valence-corrected chi connectivity index (χ4v) is 3.71. The molecule has 1 aromatic rings. The van der Waals surface area contributed by atoms with Crippen molar-refractivity contribution in [1.82, 2.24) is 4.90 Å². The average molecular weight is 299 g/mol. The van der Waals surface area contributed by atoms with Crippen LogP contribution in [0.5, 0.6) is 0 Å². The topological polar surface area (TPSA) is 29.5 Å². The smallest absolute Gasteiger partial charge is 0.411 e. The van der Waals surface area contributed by atoms with Crippen molar-refractivity contribution in [3.05, 3.63) is 45.5 Å². The van der Waals surface area contributed by atoms with Gasteiger partial charge in [0.25, 0.3) is 0 Å². The largest absolute Gasteiger partial charge is 0.444 e. The van der Waals surface area contributed by atoms with Crippen molar-refractivity contribution in [1.29, 1.82) is 0 Å². The summed E-state index contributed by atoms with van der Waals surface area (Å²) >= 11 is 0. The molecule has 0 radical (unpaired) electrons. The van der Waals surface area contributed by atoms with Gasteiger partial charge in [0.05, 0.1) is 12.1 Å². The zero-order chi connectivity index (χ0) is 16.4. The summed E-state index contributed by atoms with van der Waals surface area (Å²) in [4.78, 5) is 14.5. The normalized spacial score (nSPS) is 22.2. The summed E-state index contributed by atoms with van der Waals surface area (Å²) in [7, 11) is 0. The van der Waals surface area contributed by atoms with E-state index in [-0.39, 0.29) is 18.2 Å². The van der Waals surface area contributed by atoms with Crippen molar-refractivity contribution >= 4 is 6.09 Å². The molecule has 3 rings (SSSR count). The van der Waals surface area contributed by atoms with E-state index in [1.165, 1.54) is 33.4 Å². The van der Waals surface area contributed by atoms with Gasteiger partial charge < -0.3 is 4.74 Å². The molecule has 22 heavy (non-hydrogen) atoms. The van der Waals surface area contributed by atoms with Crippen LogP contribution in [0.3, 0.4) is 0 Å². The molecule has 2 unspecified atom stereocenters. The summed E-state index contributed by atoms with van der Waals surface area (Å²) in [6.07, 6.45) is 4.05. The summed E-state index contributed by atoms with van der Waals surface area (Å²) < 4.78 is 5.62. The van der Waals surface area contributed by atoms with Crippen LogP contribution in [0, 0.1) is 27.7 Å². The van der Waals surface area contributed by atoms with Crippen molar-refractivity contribution < 1.29 is 9.53 Å². The number of amides is 1. The van der Waals surface area contributed by atoms with E-state index in [9.17, 15) is 4.79 Å². The Labute approximate surface area is 133 Å². The Hall–Kier alpha value is -1.77. The van der Waals surface area contributed by atoms with Crippen LogP contribution in [-0.4, -0.2) is 16.6 Å². The van der Waals surface area contributed by atoms with Gasteiger partial charge in [-0.05, 0) is 81.8 Å². The molecule has 0 fully saturated rings. The maximum absolute atomic E-state index is 12.6. The minimum Gasteiger partial charge on any atom is -0.444 e. The van der Waals surface area contributed by atoms with Gasteiger partial charge in [-0.3, -0.25) is 4.90 Å². The first-order valence-electron chi connectivity index (χ1n) is 7.93. The Kier molecular flexibility index (Phi) is 3.17. The lowest BCUT2D eigenvalue weighted by Gasteiger charge is -2.27. The molecule has 0 saturated carbocycles. The number of fused-ring (bicyclic) bond motifs is 5. The molecule has 0 N–H and O–H groups in total. The number of ether oxygens (including phenoxy) is 1. The minimum absolute atomic E-state index is 0.0212. The second-order valence-corrected chi connectivity index (χ2v) is 7.49. The molecule has 2 aliphatic heterocycles. The van der Waals surface area contributed by atoms with Crippen molar-refractivity contribution in [2.75, 3.05) is 0 Å². The Balaban J connectivity index is 2.07. The predicted octanol–water partition coefficient (Wildman–Crippen LogP) is 4.82. The molecule has 1 aromatic carbocycles. The van der Waals surface area contributed by atoms with E-state index in [2.05, 4.69) is 39.8 Å². The number of nitrogens with zero attached hydrogens (tertiary/aromatic N) is 1. The predicted molar refractivity (Wildman–Crippen MR) is 88.1 cm³/mol. The third-order valence-corrected chi connectivity index (χ3v) is 5.06. The lowest BCUT2D eigenvalue weighted by Crippen LogP contribution is -2.35. The summed E-state index contributed by atoms with van der Waals surface area (Å²) in [5.74, 6) is 0. The number of carbonyl (C=O) groups is 1. The first-order valence-corrected chi connectivity index (χ1v) is 7.93. The van der Waals surface area contributed by atoms with Gasteiger partial charge in [-0.15, -0.1) is 0 Å². The zero-order valence-electron chi connectivity index (χ0n) is 14.6. The van der Waals surface area contributed by atoms with Crippen molar-refractivity contribution in [3.8, 4) is 0 Å². The molecule has 2 atom stereocenters. The van der Waals surface area contributed by atoms with Gasteiger partial charge in [-0.2, -0.15) is 0 Å². The lowest BCUT2D eigenvalue weighted by atomic mass is 9.84. The van der Waals surface area contributed by atoms with Gasteiger partial charge in [0.15, 0.2) is 0 Å². The van der Waals surface area contributed by atoms with Crippen LogP contribution in [0.25, 0.3) is 0 Å². The van der Waals surface area contributed by atoms with Gasteiger partial charge in [-0.1, -0.05) is 12.2 Å². The van der Waals surface area contributed by atoms with Crippen LogP contribution in [0.15, 0.2) is 12.2 Å². The Morgan fingerprint density at radius 3 is 1.68 bits per heavy atom. The van der Waals surface area contributed by atoms with Gasteiger partial charge in [0.2, 0.25) is 0 Å². The van der Waals surface area contributed by atoms with Crippen LogP contribution in [0.1, 0.15) is 66.2 Å². The molecular formula is C19H25NO2. The van der Waals surface area contributed by atoms with Crippen molar-refractivity contribution in [2.45, 2.75) is 66.2 Å². The van der Waals surface area contributed by atoms with Gasteiger partial charge >= 0.3 is 6.09 Å². The van der Waals surface area contributed by atoms with Crippen LogP contribution in [0.2, 0.25) is 0 Å². The number of rotatable bonds is 0. The van der Waals surface area contributed by atoms with Gasteiger partial charge in [0, 0.05) is 0 Å². The number of hydrogen-bond donors (Lipinski definition) is 0. The standard InChI is InChI=1S/C19H25NO2/c1-10-11(2)13(4)17-15-9-8-14(16(17)12(10)3)20(15)18(21)22-19(5,6)7/h8-9,14-15H,1-7H3. The summed E-state index contributed by atoms with van der Waals surface area (Å²) in [5, 5.41) is 0. The number of carbonyl (C=O) groups excluding carboxylic acids is 1. The summed E-state index contributed by atoms with van der Waals surface area (Å²) in [5.41, 5.74) is 7.42. The van der Waals surface area contributed by atoms with Gasteiger partial charge in [0.1, 0.15) is 5.60 Å². The highest BCUT2D eigenvalue weighted by Gasteiger charge is 2.46. The molecule has 3 nitrogen and oxygen atoms in total. The first kappa shape index (κ1) is 15.1. The maximum atomic E-state index is 12.6. The van der Waals surface area contributed by atoms with E-state index in [0.29, 0.717) is 0 Å². The fraction of sp³-hybridized carbons (Fsp3) is 0.526. The van der Waals surface area contributed by atoms with E-state index in [0.717, 1.165) is 0 Å². The van der Waals surface area contributed by atoms with Crippen LogP contribution >= 0.6 is 0 Å². The molecule has 3 heteroatoms. The SMILES string of the molecule is Cc1c(C)c(C)c2c(c1C)C1C=CC2N1C(=O)OC(C)(C)C. The minimum atomic E-state index is -0.471. The van der Waals surface area contributed by atoms with Crippen LogP contribution in [-0.2, 0) is 4.74 Å². The highest BCUT2D eigenvalue weighted by atomic mass is 16.6. The molecule has 2 aliphatic rings.